The number of hydrogen-bond acceptors (Lipinski definition) is 0. The lowest BCUT2D eigenvalue weighted by molar-refractivity contribution is -0.0983. The van der Waals surface area contributed by atoms with E-state index in [2.05, 4.69) is 0 Å². The van der Waals surface area contributed by atoms with Crippen molar-refractivity contribution in [2.24, 2.45) is 0 Å². The summed E-state index contributed by atoms with van der Waals surface area (Å²) in [6, 6.07) is 0. The molecule has 0 atom stereocenters. The highest BCUT2D eigenvalue weighted by Gasteiger charge is 2.39. The Kier molecular flexibility index (Phi) is 2.65. The van der Waals surface area contributed by atoms with Crippen LogP contribution >= 0.6 is 0 Å². The molecule has 1 radical (unpaired) electrons. The first-order valence-corrected chi connectivity index (χ1v) is 3.60. The van der Waals surface area contributed by atoms with E-state index in [4.69, 9.17) is 0 Å². The monoisotopic (exact) mass is 215 g/mol. The van der Waals surface area contributed by atoms with E-state index in [-0.39, 0.29) is 0 Å². The predicted molar refractivity (Wildman–Crippen MR) is 37.2 cm³/mol. The highest BCUT2D eigenvalue weighted by Crippen LogP contribution is 2.37. The zero-order chi connectivity index (χ0) is 11.0. The lowest BCUT2D eigenvalue weighted by Crippen LogP contribution is -2.19. The largest absolute Gasteiger partial charge is 0.412 e. The summed E-state index contributed by atoms with van der Waals surface area (Å²) in [5, 5.41) is 0. The average molecular weight is 215 g/mol. The van der Waals surface area contributed by atoms with Crippen molar-refractivity contribution >= 4 is 0 Å². The van der Waals surface area contributed by atoms with Gasteiger partial charge in [-0.15, -0.1) is 0 Å². The number of hydrogen-bond donors (Lipinski definition) is 0. The van der Waals surface area contributed by atoms with Gasteiger partial charge in [-0.2, -0.15) is 26.3 Å². The molecular formula is C8H5F6. The van der Waals surface area contributed by atoms with Crippen molar-refractivity contribution in [3.63, 3.8) is 0 Å². The Labute approximate surface area is 75.9 Å². The van der Waals surface area contributed by atoms with Crippen LogP contribution in [0.3, 0.4) is 0 Å². The third-order valence-corrected chi connectivity index (χ3v) is 1.70. The molecule has 0 bridgehead atoms. The maximum Gasteiger partial charge on any atom is 0.412 e. The minimum atomic E-state index is -4.58. The third-order valence-electron chi connectivity index (χ3n) is 1.70. The summed E-state index contributed by atoms with van der Waals surface area (Å²) in [6.07, 6.45) is -8.43. The fourth-order valence-corrected chi connectivity index (χ4v) is 0.967. The SMILES string of the molecule is FC(F)(F)C1=CC=C(C(F)(F)F)C[CH]1. The first kappa shape index (κ1) is 11.1. The van der Waals surface area contributed by atoms with Crippen LogP contribution in [0.25, 0.3) is 0 Å². The number of rotatable bonds is 0. The smallest absolute Gasteiger partial charge is 0.166 e. The van der Waals surface area contributed by atoms with Gasteiger partial charge in [0.05, 0.1) is 0 Å². The molecule has 0 amide bonds. The van der Waals surface area contributed by atoms with Crippen LogP contribution in [-0.4, -0.2) is 12.4 Å². The van der Waals surface area contributed by atoms with Gasteiger partial charge in [0.2, 0.25) is 0 Å². The minimum absolute atomic E-state index is 0.437. The van der Waals surface area contributed by atoms with Gasteiger partial charge in [0.1, 0.15) is 0 Å². The number of allylic oxidation sites excluding steroid dienone is 4. The molecule has 1 rings (SSSR count). The molecule has 14 heavy (non-hydrogen) atoms. The van der Waals surface area contributed by atoms with Gasteiger partial charge in [0.25, 0.3) is 0 Å². The highest BCUT2D eigenvalue weighted by atomic mass is 19.4. The summed E-state index contributed by atoms with van der Waals surface area (Å²) < 4.78 is 71.8. The third kappa shape index (κ3) is 2.52. The molecule has 79 valence electrons. The molecule has 0 heterocycles. The summed E-state index contributed by atoms with van der Waals surface area (Å²) >= 11 is 0. The molecule has 0 aliphatic heterocycles. The summed E-state index contributed by atoms with van der Waals surface area (Å²) in [4.78, 5) is 0. The lowest BCUT2D eigenvalue weighted by atomic mass is 9.98. The van der Waals surface area contributed by atoms with Gasteiger partial charge in [-0.3, -0.25) is 0 Å². The molecule has 0 saturated carbocycles. The summed E-state index contributed by atoms with van der Waals surface area (Å²) in [5.74, 6) is 0. The van der Waals surface area contributed by atoms with Crippen molar-refractivity contribution in [3.05, 3.63) is 29.7 Å². The molecule has 0 nitrogen and oxygen atoms in total. The maximum absolute atomic E-state index is 12.0. The second-order valence-electron chi connectivity index (χ2n) is 2.72. The Morgan fingerprint density at radius 2 is 1.43 bits per heavy atom. The second-order valence-corrected chi connectivity index (χ2v) is 2.72. The van der Waals surface area contributed by atoms with Gasteiger partial charge >= 0.3 is 12.4 Å². The van der Waals surface area contributed by atoms with Gasteiger partial charge in [0, 0.05) is 17.6 Å². The van der Waals surface area contributed by atoms with E-state index >= 15 is 0 Å². The minimum Gasteiger partial charge on any atom is -0.166 e. The molecule has 0 fully saturated rings. The Hall–Kier alpha value is -0.940. The molecule has 0 aromatic carbocycles. The first-order chi connectivity index (χ1) is 6.21. The van der Waals surface area contributed by atoms with E-state index in [1.54, 1.807) is 0 Å². The lowest BCUT2D eigenvalue weighted by Gasteiger charge is -2.18. The normalized spacial score (nSPS) is 19.0. The Balaban J connectivity index is 2.85. The van der Waals surface area contributed by atoms with Crippen LogP contribution in [0, 0.1) is 6.42 Å². The van der Waals surface area contributed by atoms with Crippen molar-refractivity contribution < 1.29 is 26.3 Å². The topological polar surface area (TPSA) is 0 Å². The van der Waals surface area contributed by atoms with Crippen molar-refractivity contribution in [3.8, 4) is 0 Å². The van der Waals surface area contributed by atoms with Gasteiger partial charge in [0.15, 0.2) is 0 Å². The van der Waals surface area contributed by atoms with Crippen LogP contribution in [0.15, 0.2) is 23.3 Å². The van der Waals surface area contributed by atoms with Gasteiger partial charge in [-0.1, -0.05) is 12.2 Å². The quantitative estimate of drug-likeness (QED) is 0.542. The molecular weight excluding hydrogens is 210 g/mol. The van der Waals surface area contributed by atoms with Crippen LogP contribution < -0.4 is 0 Å². The molecule has 0 aromatic heterocycles. The molecule has 6 heteroatoms. The highest BCUT2D eigenvalue weighted by molar-refractivity contribution is 5.35. The predicted octanol–water partition coefficient (Wildman–Crippen LogP) is 3.57. The molecule has 0 spiro atoms. The Bertz CT molecular complexity index is 247. The van der Waals surface area contributed by atoms with E-state index in [0.717, 1.165) is 0 Å². The van der Waals surface area contributed by atoms with Crippen molar-refractivity contribution in [2.45, 2.75) is 18.8 Å². The second kappa shape index (κ2) is 3.33. The van der Waals surface area contributed by atoms with E-state index in [1.807, 2.05) is 0 Å². The molecule has 0 unspecified atom stereocenters. The van der Waals surface area contributed by atoms with Crippen LogP contribution in [0.1, 0.15) is 6.42 Å². The molecule has 0 saturated heterocycles. The number of halogens is 6. The fourth-order valence-electron chi connectivity index (χ4n) is 0.967. The maximum atomic E-state index is 12.0. The number of alkyl halides is 6. The van der Waals surface area contributed by atoms with Gasteiger partial charge in [-0.05, 0) is 6.42 Å². The van der Waals surface area contributed by atoms with Gasteiger partial charge in [-0.25, -0.2) is 0 Å². The molecule has 0 aromatic rings. The van der Waals surface area contributed by atoms with E-state index < -0.39 is 29.9 Å². The summed E-state index contributed by atoms with van der Waals surface area (Å²) in [6.45, 7) is 0. The fraction of sp³-hybridized carbons (Fsp3) is 0.375. The molecule has 1 aliphatic rings. The van der Waals surface area contributed by atoms with E-state index in [1.165, 1.54) is 0 Å². The van der Waals surface area contributed by atoms with Crippen molar-refractivity contribution in [1.82, 2.24) is 0 Å². The standard InChI is InChI=1S/C8H5F6/c9-7(10,11)5-1-2-6(4-3-5)8(12,13)14/h1-3H,4H2. The van der Waals surface area contributed by atoms with E-state index in [9.17, 15) is 26.3 Å². The van der Waals surface area contributed by atoms with Gasteiger partial charge < -0.3 is 0 Å². The van der Waals surface area contributed by atoms with Crippen LogP contribution in [0.5, 0.6) is 0 Å². The van der Waals surface area contributed by atoms with Crippen molar-refractivity contribution in [2.75, 3.05) is 0 Å². The Morgan fingerprint density at radius 3 is 1.71 bits per heavy atom. The molecule has 0 N–H and O–H groups in total. The summed E-state index contributed by atoms with van der Waals surface area (Å²) in [7, 11) is 0. The van der Waals surface area contributed by atoms with Crippen LogP contribution in [-0.2, 0) is 0 Å². The average Bonchev–Trinajstić information content (AvgIpc) is 2.01. The van der Waals surface area contributed by atoms with Crippen molar-refractivity contribution in [1.29, 1.82) is 0 Å². The summed E-state index contributed by atoms with van der Waals surface area (Å²) in [5.41, 5.74) is -2.00. The molecule has 1 aliphatic carbocycles. The Morgan fingerprint density at radius 1 is 0.857 bits per heavy atom. The van der Waals surface area contributed by atoms with Crippen LogP contribution in [0.2, 0.25) is 0 Å². The van der Waals surface area contributed by atoms with E-state index in [0.29, 0.717) is 18.6 Å². The zero-order valence-electron chi connectivity index (χ0n) is 6.71. The zero-order valence-corrected chi connectivity index (χ0v) is 6.71. The first-order valence-electron chi connectivity index (χ1n) is 3.60. The van der Waals surface area contributed by atoms with Crippen LogP contribution in [0.4, 0.5) is 26.3 Å².